The third kappa shape index (κ3) is 3.18. The molecule has 0 aromatic carbocycles. The highest BCUT2D eigenvalue weighted by atomic mass is 16.5. The van der Waals surface area contributed by atoms with Crippen LogP contribution >= 0.6 is 0 Å². The van der Waals surface area contributed by atoms with Crippen molar-refractivity contribution >= 4 is 5.91 Å². The van der Waals surface area contributed by atoms with Crippen molar-refractivity contribution in [1.82, 2.24) is 29.9 Å². The summed E-state index contributed by atoms with van der Waals surface area (Å²) < 4.78 is 7.82. The van der Waals surface area contributed by atoms with Gasteiger partial charge in [0.25, 0.3) is 5.91 Å². The number of hydrogen-bond donors (Lipinski definition) is 1. The average Bonchev–Trinajstić information content (AvgIpc) is 3.24. The van der Waals surface area contributed by atoms with E-state index in [-0.39, 0.29) is 18.1 Å². The van der Waals surface area contributed by atoms with E-state index in [1.54, 1.807) is 12.7 Å². The zero-order valence-electron chi connectivity index (χ0n) is 14.7. The monoisotopic (exact) mass is 344 g/mol. The van der Waals surface area contributed by atoms with Gasteiger partial charge in [-0.2, -0.15) is 5.10 Å². The molecule has 0 aliphatic carbocycles. The van der Waals surface area contributed by atoms with Crippen LogP contribution in [0.15, 0.2) is 12.7 Å². The number of H-pyrrole nitrogens is 1. The van der Waals surface area contributed by atoms with Crippen LogP contribution in [0.25, 0.3) is 0 Å². The van der Waals surface area contributed by atoms with Gasteiger partial charge in [-0.25, -0.2) is 0 Å². The van der Waals surface area contributed by atoms with Gasteiger partial charge in [-0.3, -0.25) is 9.89 Å². The first-order valence-electron chi connectivity index (χ1n) is 8.96. The SMILES string of the molecule is C[C@@H]1Cc2c(C(=O)N3CCC(Cn4cnnc4)CC3)n[nH]c2[C@H](C)O1. The smallest absolute Gasteiger partial charge is 0.274 e. The van der Waals surface area contributed by atoms with Gasteiger partial charge in [0.1, 0.15) is 12.7 Å². The number of carbonyl (C=O) groups excluding carboxylic acids is 1. The minimum Gasteiger partial charge on any atom is -0.369 e. The number of aromatic amines is 1. The maximum atomic E-state index is 12.9. The molecule has 25 heavy (non-hydrogen) atoms. The highest BCUT2D eigenvalue weighted by Crippen LogP contribution is 2.31. The highest BCUT2D eigenvalue weighted by molar-refractivity contribution is 5.94. The lowest BCUT2D eigenvalue weighted by Gasteiger charge is -2.32. The van der Waals surface area contributed by atoms with Crippen LogP contribution in [0.5, 0.6) is 0 Å². The Morgan fingerprint density at radius 1 is 1.28 bits per heavy atom. The standard InChI is InChI=1S/C17H24N6O2/c1-11-7-14-15(12(2)25-11)20-21-16(14)17(24)23-5-3-13(4-6-23)8-22-9-18-19-10-22/h9-13H,3-8H2,1-2H3,(H,20,21)/t11-,12+/m1/s1. The van der Waals surface area contributed by atoms with Crippen molar-refractivity contribution in [2.24, 2.45) is 5.92 Å². The van der Waals surface area contributed by atoms with E-state index < -0.39 is 0 Å². The summed E-state index contributed by atoms with van der Waals surface area (Å²) in [6.07, 6.45) is 6.29. The Morgan fingerprint density at radius 2 is 2.00 bits per heavy atom. The van der Waals surface area contributed by atoms with Crippen LogP contribution < -0.4 is 0 Å². The Labute approximate surface area is 146 Å². The summed E-state index contributed by atoms with van der Waals surface area (Å²) in [7, 11) is 0. The van der Waals surface area contributed by atoms with Gasteiger partial charge in [-0.15, -0.1) is 10.2 Å². The van der Waals surface area contributed by atoms with Crippen LogP contribution in [0.3, 0.4) is 0 Å². The van der Waals surface area contributed by atoms with Crippen molar-refractivity contribution < 1.29 is 9.53 Å². The third-order valence-corrected chi connectivity index (χ3v) is 5.27. The van der Waals surface area contributed by atoms with Crippen LogP contribution in [0.1, 0.15) is 54.5 Å². The fourth-order valence-corrected chi connectivity index (χ4v) is 3.93. The second-order valence-corrected chi connectivity index (χ2v) is 7.15. The molecule has 0 radical (unpaired) electrons. The van der Waals surface area contributed by atoms with Gasteiger partial charge in [-0.1, -0.05) is 0 Å². The highest BCUT2D eigenvalue weighted by Gasteiger charge is 2.32. The Hall–Kier alpha value is -2.22. The van der Waals surface area contributed by atoms with Gasteiger partial charge in [0.15, 0.2) is 5.69 Å². The van der Waals surface area contributed by atoms with E-state index in [1.165, 1.54) is 0 Å². The average molecular weight is 344 g/mol. The van der Waals surface area contributed by atoms with Crippen molar-refractivity contribution in [3.05, 3.63) is 29.6 Å². The van der Waals surface area contributed by atoms with E-state index in [2.05, 4.69) is 20.4 Å². The van der Waals surface area contributed by atoms with Gasteiger partial charge in [-0.05, 0) is 32.6 Å². The largest absolute Gasteiger partial charge is 0.369 e. The Morgan fingerprint density at radius 3 is 2.72 bits per heavy atom. The molecule has 134 valence electrons. The van der Waals surface area contributed by atoms with Crippen LogP contribution in [0.2, 0.25) is 0 Å². The summed E-state index contributed by atoms with van der Waals surface area (Å²) in [4.78, 5) is 14.9. The molecule has 1 amide bonds. The molecule has 1 saturated heterocycles. The van der Waals surface area contributed by atoms with Crippen LogP contribution in [0.4, 0.5) is 0 Å². The van der Waals surface area contributed by atoms with Gasteiger partial charge in [0, 0.05) is 31.6 Å². The van der Waals surface area contributed by atoms with Crippen molar-refractivity contribution in [2.75, 3.05) is 13.1 Å². The lowest BCUT2D eigenvalue weighted by Crippen LogP contribution is -2.40. The molecule has 0 unspecified atom stereocenters. The lowest BCUT2D eigenvalue weighted by atomic mass is 9.95. The molecule has 2 aliphatic heterocycles. The number of carbonyl (C=O) groups is 1. The summed E-state index contributed by atoms with van der Waals surface area (Å²) >= 11 is 0. The second-order valence-electron chi connectivity index (χ2n) is 7.15. The number of ether oxygens (including phenoxy) is 1. The summed E-state index contributed by atoms with van der Waals surface area (Å²) in [5.74, 6) is 0.600. The number of aromatic nitrogens is 5. The van der Waals surface area contributed by atoms with Crippen LogP contribution in [-0.4, -0.2) is 55.0 Å². The normalized spacial score (nSPS) is 24.3. The fraction of sp³-hybridized carbons (Fsp3) is 0.647. The predicted octanol–water partition coefficient (Wildman–Crippen LogP) is 1.58. The van der Waals surface area contributed by atoms with Crippen molar-refractivity contribution in [1.29, 1.82) is 0 Å². The van der Waals surface area contributed by atoms with E-state index in [0.29, 0.717) is 11.6 Å². The summed E-state index contributed by atoms with van der Waals surface area (Å²) in [5, 5.41) is 15.0. The number of rotatable bonds is 3. The number of nitrogens with one attached hydrogen (secondary N) is 1. The van der Waals surface area contributed by atoms with Gasteiger partial charge < -0.3 is 14.2 Å². The van der Waals surface area contributed by atoms with Crippen LogP contribution in [0, 0.1) is 5.92 Å². The second kappa shape index (κ2) is 6.59. The quantitative estimate of drug-likeness (QED) is 0.913. The molecule has 8 nitrogen and oxygen atoms in total. The molecular weight excluding hydrogens is 320 g/mol. The number of piperidine rings is 1. The first kappa shape index (κ1) is 16.3. The molecular formula is C17H24N6O2. The van der Waals surface area contributed by atoms with Crippen LogP contribution in [-0.2, 0) is 17.7 Å². The summed E-state index contributed by atoms with van der Waals surface area (Å²) in [6.45, 7) is 6.50. The number of hydrogen-bond acceptors (Lipinski definition) is 5. The van der Waals surface area contributed by atoms with E-state index in [0.717, 1.165) is 50.2 Å². The zero-order valence-corrected chi connectivity index (χ0v) is 14.7. The zero-order chi connectivity index (χ0) is 17.4. The molecule has 2 atom stereocenters. The minimum absolute atomic E-state index is 0.0395. The molecule has 0 spiro atoms. The molecule has 0 saturated carbocycles. The van der Waals surface area contributed by atoms with Crippen molar-refractivity contribution in [3.63, 3.8) is 0 Å². The molecule has 1 fully saturated rings. The summed E-state index contributed by atoms with van der Waals surface area (Å²) in [5.41, 5.74) is 2.56. The van der Waals surface area contributed by atoms with Crippen molar-refractivity contribution in [2.45, 2.75) is 51.9 Å². The molecule has 2 aromatic rings. The first-order valence-corrected chi connectivity index (χ1v) is 8.96. The minimum atomic E-state index is -0.0395. The number of fused-ring (bicyclic) bond motifs is 1. The number of amides is 1. The van der Waals surface area contributed by atoms with Gasteiger partial charge in [0.2, 0.25) is 0 Å². The molecule has 4 rings (SSSR count). The van der Waals surface area contributed by atoms with Gasteiger partial charge in [0.05, 0.1) is 17.9 Å². The molecule has 0 bridgehead atoms. The third-order valence-electron chi connectivity index (χ3n) is 5.27. The lowest BCUT2D eigenvalue weighted by molar-refractivity contribution is -0.00703. The van der Waals surface area contributed by atoms with E-state index in [1.807, 2.05) is 23.3 Å². The number of nitrogens with zero attached hydrogens (tertiary/aromatic N) is 5. The number of likely N-dealkylation sites (tertiary alicyclic amines) is 1. The molecule has 8 heteroatoms. The van der Waals surface area contributed by atoms with Gasteiger partial charge >= 0.3 is 0 Å². The first-order chi connectivity index (χ1) is 12.1. The summed E-state index contributed by atoms with van der Waals surface area (Å²) in [6, 6.07) is 0. The van der Waals surface area contributed by atoms with E-state index >= 15 is 0 Å². The molecule has 2 aromatic heterocycles. The predicted molar refractivity (Wildman–Crippen MR) is 89.9 cm³/mol. The maximum Gasteiger partial charge on any atom is 0.274 e. The maximum absolute atomic E-state index is 12.9. The Bertz CT molecular complexity index is 732. The van der Waals surface area contributed by atoms with E-state index in [9.17, 15) is 4.79 Å². The van der Waals surface area contributed by atoms with E-state index in [4.69, 9.17) is 4.74 Å². The Kier molecular flexibility index (Phi) is 4.29. The van der Waals surface area contributed by atoms with Crippen molar-refractivity contribution in [3.8, 4) is 0 Å². The topological polar surface area (TPSA) is 88.9 Å². The Balaban J connectivity index is 1.41. The fourth-order valence-electron chi connectivity index (χ4n) is 3.93. The molecule has 2 aliphatic rings. The molecule has 1 N–H and O–H groups in total. The molecule has 4 heterocycles.